The maximum atomic E-state index is 11.9. The van der Waals surface area contributed by atoms with E-state index in [-0.39, 0.29) is 5.91 Å². The Hall–Kier alpha value is -2.04. The van der Waals surface area contributed by atoms with E-state index in [4.69, 9.17) is 23.2 Å². The molecule has 1 aromatic heterocycles. The van der Waals surface area contributed by atoms with Gasteiger partial charge in [0.15, 0.2) is 0 Å². The van der Waals surface area contributed by atoms with Gasteiger partial charge in [-0.2, -0.15) is 0 Å². The first-order valence-corrected chi connectivity index (χ1v) is 6.92. The van der Waals surface area contributed by atoms with Crippen molar-refractivity contribution in [2.75, 3.05) is 11.9 Å². The molecule has 0 saturated heterocycles. The summed E-state index contributed by atoms with van der Waals surface area (Å²) in [5.74, 6) is -0.219. The standard InChI is InChI=1S/C15H13Cl2N3O/c1-2-5-19-15(21)10-6-12(9-18-8-10)20-14-7-11(16)3-4-13(14)17/h2-4,6-9,20H,1,5H2,(H,19,21). The number of amides is 1. The van der Waals surface area contributed by atoms with Crippen LogP contribution in [0.4, 0.5) is 11.4 Å². The molecule has 108 valence electrons. The Morgan fingerprint density at radius 3 is 2.86 bits per heavy atom. The maximum absolute atomic E-state index is 11.9. The zero-order chi connectivity index (χ0) is 15.2. The van der Waals surface area contributed by atoms with Gasteiger partial charge in [0.1, 0.15) is 0 Å². The van der Waals surface area contributed by atoms with Gasteiger partial charge in [0.05, 0.1) is 28.2 Å². The molecule has 0 unspecified atom stereocenters. The lowest BCUT2D eigenvalue weighted by Crippen LogP contribution is -2.23. The molecule has 1 amide bonds. The third-order valence-corrected chi connectivity index (χ3v) is 3.18. The Labute approximate surface area is 132 Å². The number of nitrogens with one attached hydrogen (secondary N) is 2. The molecule has 21 heavy (non-hydrogen) atoms. The number of hydrogen-bond donors (Lipinski definition) is 2. The quantitative estimate of drug-likeness (QED) is 0.817. The summed E-state index contributed by atoms with van der Waals surface area (Å²) < 4.78 is 0. The molecule has 0 aliphatic carbocycles. The first kappa shape index (κ1) is 15.4. The number of anilines is 2. The molecule has 1 heterocycles. The molecule has 0 radical (unpaired) electrons. The Morgan fingerprint density at radius 1 is 1.29 bits per heavy atom. The number of benzene rings is 1. The first-order valence-electron chi connectivity index (χ1n) is 6.16. The van der Waals surface area contributed by atoms with E-state index in [9.17, 15) is 4.79 Å². The molecule has 1 aromatic carbocycles. The number of pyridine rings is 1. The van der Waals surface area contributed by atoms with Gasteiger partial charge in [-0.25, -0.2) is 0 Å². The SMILES string of the molecule is C=CCNC(=O)c1cncc(Nc2cc(Cl)ccc2Cl)c1. The smallest absolute Gasteiger partial charge is 0.253 e. The van der Waals surface area contributed by atoms with Crippen molar-refractivity contribution < 1.29 is 4.79 Å². The van der Waals surface area contributed by atoms with Crippen LogP contribution in [0.1, 0.15) is 10.4 Å². The molecule has 2 N–H and O–H groups in total. The maximum Gasteiger partial charge on any atom is 0.253 e. The number of nitrogens with zero attached hydrogens (tertiary/aromatic N) is 1. The molecule has 0 atom stereocenters. The zero-order valence-corrected chi connectivity index (χ0v) is 12.6. The summed E-state index contributed by atoms with van der Waals surface area (Å²) in [6.45, 7) is 3.95. The van der Waals surface area contributed by atoms with E-state index in [2.05, 4.69) is 22.2 Å². The van der Waals surface area contributed by atoms with Gasteiger partial charge in [0.25, 0.3) is 5.91 Å². The van der Waals surface area contributed by atoms with Gasteiger partial charge in [-0.3, -0.25) is 9.78 Å². The second kappa shape index (κ2) is 7.11. The van der Waals surface area contributed by atoms with Crippen molar-refractivity contribution in [1.82, 2.24) is 10.3 Å². The average Bonchev–Trinajstić information content (AvgIpc) is 2.49. The summed E-state index contributed by atoms with van der Waals surface area (Å²) in [7, 11) is 0. The number of halogens is 2. The predicted molar refractivity (Wildman–Crippen MR) is 86.5 cm³/mol. The molecule has 0 bridgehead atoms. The molecule has 0 aliphatic heterocycles. The van der Waals surface area contributed by atoms with E-state index < -0.39 is 0 Å². The molecule has 6 heteroatoms. The van der Waals surface area contributed by atoms with Gasteiger partial charge >= 0.3 is 0 Å². The Morgan fingerprint density at radius 2 is 2.10 bits per heavy atom. The Bertz CT molecular complexity index is 674. The van der Waals surface area contributed by atoms with Crippen molar-refractivity contribution in [3.63, 3.8) is 0 Å². The average molecular weight is 322 g/mol. The number of aromatic nitrogens is 1. The van der Waals surface area contributed by atoms with Crippen LogP contribution in [0.5, 0.6) is 0 Å². The second-order valence-corrected chi connectivity index (χ2v) is 5.05. The minimum atomic E-state index is -0.219. The first-order chi connectivity index (χ1) is 10.1. The van der Waals surface area contributed by atoms with Crippen LogP contribution in [-0.2, 0) is 0 Å². The van der Waals surface area contributed by atoms with Crippen molar-refractivity contribution in [2.45, 2.75) is 0 Å². The minimum absolute atomic E-state index is 0.219. The zero-order valence-electron chi connectivity index (χ0n) is 11.1. The number of rotatable bonds is 5. The summed E-state index contributed by atoms with van der Waals surface area (Å²) in [5.41, 5.74) is 1.74. The largest absolute Gasteiger partial charge is 0.353 e. The molecule has 2 rings (SSSR count). The van der Waals surface area contributed by atoms with Gasteiger partial charge < -0.3 is 10.6 Å². The van der Waals surface area contributed by atoms with E-state index in [1.165, 1.54) is 6.20 Å². The van der Waals surface area contributed by atoms with Crippen LogP contribution in [0, 0.1) is 0 Å². The van der Waals surface area contributed by atoms with Gasteiger partial charge in [-0.05, 0) is 24.3 Å². The highest BCUT2D eigenvalue weighted by Gasteiger charge is 2.07. The van der Waals surface area contributed by atoms with Crippen LogP contribution >= 0.6 is 23.2 Å². The third-order valence-electron chi connectivity index (χ3n) is 2.61. The van der Waals surface area contributed by atoms with E-state index in [0.717, 1.165) is 0 Å². The van der Waals surface area contributed by atoms with Crippen molar-refractivity contribution >= 4 is 40.5 Å². The van der Waals surface area contributed by atoms with E-state index in [0.29, 0.717) is 33.5 Å². The van der Waals surface area contributed by atoms with E-state index in [1.807, 2.05) is 0 Å². The van der Waals surface area contributed by atoms with Crippen LogP contribution in [0.25, 0.3) is 0 Å². The number of hydrogen-bond acceptors (Lipinski definition) is 3. The summed E-state index contributed by atoms with van der Waals surface area (Å²) in [6, 6.07) is 6.78. The summed E-state index contributed by atoms with van der Waals surface area (Å²) in [5, 5.41) is 6.87. The van der Waals surface area contributed by atoms with Gasteiger partial charge in [0.2, 0.25) is 0 Å². The molecule has 0 aliphatic rings. The minimum Gasteiger partial charge on any atom is -0.353 e. The highest BCUT2D eigenvalue weighted by Crippen LogP contribution is 2.28. The molecular weight excluding hydrogens is 309 g/mol. The second-order valence-electron chi connectivity index (χ2n) is 4.21. The summed E-state index contributed by atoms with van der Waals surface area (Å²) >= 11 is 12.0. The van der Waals surface area contributed by atoms with Crippen LogP contribution in [0.15, 0.2) is 49.3 Å². The number of carbonyl (C=O) groups excluding carboxylic acids is 1. The predicted octanol–water partition coefficient (Wildman–Crippen LogP) is 4.05. The van der Waals surface area contributed by atoms with Crippen molar-refractivity contribution in [2.24, 2.45) is 0 Å². The van der Waals surface area contributed by atoms with Crippen LogP contribution in [0.2, 0.25) is 10.0 Å². The lowest BCUT2D eigenvalue weighted by Gasteiger charge is -2.10. The van der Waals surface area contributed by atoms with Crippen molar-refractivity contribution in [3.8, 4) is 0 Å². The molecule has 0 spiro atoms. The highest BCUT2D eigenvalue weighted by atomic mass is 35.5. The lowest BCUT2D eigenvalue weighted by molar-refractivity contribution is 0.0957. The van der Waals surface area contributed by atoms with E-state index >= 15 is 0 Å². The fourth-order valence-corrected chi connectivity index (χ4v) is 1.99. The molecule has 0 saturated carbocycles. The fraction of sp³-hybridized carbons (Fsp3) is 0.0667. The summed E-state index contributed by atoms with van der Waals surface area (Å²) in [6.07, 6.45) is 4.70. The highest BCUT2D eigenvalue weighted by molar-refractivity contribution is 6.35. The van der Waals surface area contributed by atoms with Crippen LogP contribution in [-0.4, -0.2) is 17.4 Å². The molecular formula is C15H13Cl2N3O. The Balaban J connectivity index is 2.19. The van der Waals surface area contributed by atoms with E-state index in [1.54, 1.807) is 36.5 Å². The molecule has 0 fully saturated rings. The van der Waals surface area contributed by atoms with Gasteiger partial charge in [-0.15, -0.1) is 6.58 Å². The lowest BCUT2D eigenvalue weighted by atomic mass is 10.2. The van der Waals surface area contributed by atoms with Crippen LogP contribution < -0.4 is 10.6 Å². The normalized spacial score (nSPS) is 10.0. The summed E-state index contributed by atoms with van der Waals surface area (Å²) in [4.78, 5) is 15.9. The molecule has 2 aromatic rings. The monoisotopic (exact) mass is 321 g/mol. The van der Waals surface area contributed by atoms with Gasteiger partial charge in [0, 0.05) is 17.8 Å². The third kappa shape index (κ3) is 4.21. The Kier molecular flexibility index (Phi) is 5.20. The topological polar surface area (TPSA) is 54.0 Å². The molecule has 4 nitrogen and oxygen atoms in total. The van der Waals surface area contributed by atoms with Crippen molar-refractivity contribution in [3.05, 3.63) is 64.9 Å². The number of carbonyl (C=O) groups is 1. The van der Waals surface area contributed by atoms with Gasteiger partial charge in [-0.1, -0.05) is 29.3 Å². The van der Waals surface area contributed by atoms with Crippen molar-refractivity contribution in [1.29, 1.82) is 0 Å². The fourth-order valence-electron chi connectivity index (χ4n) is 1.65. The van der Waals surface area contributed by atoms with Crippen LogP contribution in [0.3, 0.4) is 0 Å².